The predicted molar refractivity (Wildman–Crippen MR) is 158 cm³/mol. The maximum absolute atomic E-state index is 13.2. The molecule has 0 aliphatic rings. The van der Waals surface area contributed by atoms with E-state index in [1.54, 1.807) is 31.6 Å². The molecule has 0 fully saturated rings. The third kappa shape index (κ3) is 5.88. The lowest BCUT2D eigenvalue weighted by Gasteiger charge is -2.19. The minimum absolute atomic E-state index is 0.101. The van der Waals surface area contributed by atoms with Gasteiger partial charge in [0.05, 0.1) is 29.4 Å². The lowest BCUT2D eigenvalue weighted by Crippen LogP contribution is -2.14. The van der Waals surface area contributed by atoms with Crippen molar-refractivity contribution in [3.8, 4) is 28.1 Å². The molecule has 10 heteroatoms. The third-order valence-electron chi connectivity index (χ3n) is 6.61. The number of rotatable bonds is 7. The zero-order chi connectivity index (χ0) is 30.0. The van der Waals surface area contributed by atoms with Crippen molar-refractivity contribution >= 4 is 28.4 Å². The van der Waals surface area contributed by atoms with Crippen LogP contribution in [0, 0.1) is 6.92 Å². The van der Waals surface area contributed by atoms with Crippen molar-refractivity contribution in [2.24, 2.45) is 0 Å². The molecule has 0 aliphatic heterocycles. The van der Waals surface area contributed by atoms with Crippen LogP contribution in [0.3, 0.4) is 0 Å². The molecule has 0 spiro atoms. The maximum atomic E-state index is 13.2. The number of halogens is 3. The summed E-state index contributed by atoms with van der Waals surface area (Å²) in [6.07, 6.45) is -1.13. The molecular weight excluding hydrogens is 543 g/mol. The van der Waals surface area contributed by atoms with Gasteiger partial charge in [0.2, 0.25) is 5.95 Å². The summed E-state index contributed by atoms with van der Waals surface area (Å²) in [5, 5.41) is 6.71. The molecule has 0 unspecified atom stereocenters. The Morgan fingerprint density at radius 1 is 0.952 bits per heavy atom. The Balaban J connectivity index is 1.63. The fraction of sp³-hybridized carbons (Fsp3) is 0.188. The van der Waals surface area contributed by atoms with Crippen LogP contribution in [0.5, 0.6) is 5.75 Å². The van der Waals surface area contributed by atoms with Gasteiger partial charge in [0.15, 0.2) is 0 Å². The Labute approximate surface area is 240 Å². The molecule has 7 nitrogen and oxygen atoms in total. The second kappa shape index (κ2) is 11.5. The van der Waals surface area contributed by atoms with Crippen LogP contribution in [0.4, 0.5) is 24.8 Å². The van der Waals surface area contributed by atoms with Crippen LogP contribution in [0.2, 0.25) is 0 Å². The molecule has 2 heterocycles. The highest BCUT2D eigenvalue weighted by Crippen LogP contribution is 2.44. The van der Waals surface area contributed by atoms with Gasteiger partial charge < -0.3 is 15.4 Å². The smallest absolute Gasteiger partial charge is 0.416 e. The fourth-order valence-corrected chi connectivity index (χ4v) is 4.68. The number of anilines is 2. The molecule has 0 aliphatic carbocycles. The highest BCUT2D eigenvalue weighted by Gasteiger charge is 2.31. The van der Waals surface area contributed by atoms with E-state index in [1.807, 2.05) is 51.1 Å². The third-order valence-corrected chi connectivity index (χ3v) is 6.61. The summed E-state index contributed by atoms with van der Waals surface area (Å²) in [5.41, 5.74) is 3.75. The van der Waals surface area contributed by atoms with Gasteiger partial charge in [-0.05, 0) is 80.4 Å². The van der Waals surface area contributed by atoms with Gasteiger partial charge in [-0.1, -0.05) is 18.2 Å². The Bertz CT molecular complexity index is 1770. The van der Waals surface area contributed by atoms with E-state index in [1.165, 1.54) is 12.1 Å². The van der Waals surface area contributed by atoms with Gasteiger partial charge in [-0.25, -0.2) is 9.97 Å². The van der Waals surface area contributed by atoms with E-state index in [2.05, 4.69) is 20.6 Å². The first-order valence-corrected chi connectivity index (χ1v) is 13.2. The number of alkyl halides is 3. The van der Waals surface area contributed by atoms with Crippen molar-refractivity contribution in [3.63, 3.8) is 0 Å². The van der Waals surface area contributed by atoms with E-state index in [0.29, 0.717) is 39.7 Å². The summed E-state index contributed by atoms with van der Waals surface area (Å²) in [5.74, 6) is 0.342. The summed E-state index contributed by atoms with van der Waals surface area (Å²) < 4.78 is 45.6. The number of hydrogen-bond acceptors (Lipinski definition) is 6. The van der Waals surface area contributed by atoms with Crippen molar-refractivity contribution in [2.45, 2.75) is 33.0 Å². The topological polar surface area (TPSA) is 89.0 Å². The molecule has 1 amide bonds. The maximum Gasteiger partial charge on any atom is 0.416 e. The average molecular weight is 572 g/mol. The van der Waals surface area contributed by atoms with Crippen LogP contribution in [0.1, 0.15) is 35.3 Å². The van der Waals surface area contributed by atoms with Gasteiger partial charge in [-0.15, -0.1) is 0 Å². The highest BCUT2D eigenvalue weighted by atomic mass is 19.4. The number of benzene rings is 3. The Hall–Kier alpha value is -4.99. The van der Waals surface area contributed by atoms with E-state index >= 15 is 0 Å². The van der Waals surface area contributed by atoms with E-state index in [-0.39, 0.29) is 11.6 Å². The van der Waals surface area contributed by atoms with Gasteiger partial charge in [-0.3, -0.25) is 9.78 Å². The minimum atomic E-state index is -4.55. The van der Waals surface area contributed by atoms with Crippen molar-refractivity contribution in [1.29, 1.82) is 0 Å². The van der Waals surface area contributed by atoms with Crippen LogP contribution in [-0.2, 0) is 6.18 Å². The number of amides is 1. The Morgan fingerprint density at radius 2 is 1.76 bits per heavy atom. The van der Waals surface area contributed by atoms with E-state index in [9.17, 15) is 18.0 Å². The number of nitrogens with zero attached hydrogens (tertiary/aromatic N) is 3. The van der Waals surface area contributed by atoms with Crippen LogP contribution >= 0.6 is 0 Å². The number of pyridine rings is 1. The first kappa shape index (κ1) is 28.5. The molecule has 0 saturated heterocycles. The number of aryl methyl sites for hydroxylation is 1. The standard InChI is InChI=1S/C32H28F3N5O2/c1-18(2)38-31-37-17-21-15-25(29(42-4)27(28(21)40-31)26-10-5-6-13-36-26)24-16-23(12-11-19(24)3)39-30(41)20-8-7-9-22(14-20)32(33,34)35/h5-18H,1-4H3,(H,39,41)(H,37,38,40). The Kier molecular flexibility index (Phi) is 7.80. The minimum Gasteiger partial charge on any atom is -0.495 e. The van der Waals surface area contributed by atoms with Crippen molar-refractivity contribution < 1.29 is 22.7 Å². The number of fused-ring (bicyclic) bond motifs is 1. The van der Waals surface area contributed by atoms with Gasteiger partial charge in [0.1, 0.15) is 5.75 Å². The summed E-state index contributed by atoms with van der Waals surface area (Å²) in [6, 6.07) is 17.2. The van der Waals surface area contributed by atoms with E-state index < -0.39 is 17.6 Å². The molecule has 0 radical (unpaired) electrons. The quantitative estimate of drug-likeness (QED) is 0.208. The SMILES string of the molecule is COc1c(-c2cc(NC(=O)c3cccc(C(F)(F)F)c3)ccc2C)cc2cnc(NC(C)C)nc2c1-c1ccccn1. The lowest BCUT2D eigenvalue weighted by molar-refractivity contribution is -0.137. The van der Waals surface area contributed by atoms with Crippen LogP contribution in [-0.4, -0.2) is 34.0 Å². The molecule has 0 atom stereocenters. The number of carbonyl (C=O) groups is 1. The largest absolute Gasteiger partial charge is 0.495 e. The first-order valence-electron chi connectivity index (χ1n) is 13.2. The zero-order valence-electron chi connectivity index (χ0n) is 23.4. The molecule has 5 rings (SSSR count). The fourth-order valence-electron chi connectivity index (χ4n) is 4.68. The highest BCUT2D eigenvalue weighted by molar-refractivity contribution is 6.05. The molecule has 5 aromatic rings. The molecule has 3 aromatic carbocycles. The number of methoxy groups -OCH3 is 1. The zero-order valence-corrected chi connectivity index (χ0v) is 23.4. The Morgan fingerprint density at radius 3 is 2.45 bits per heavy atom. The average Bonchev–Trinajstić information content (AvgIpc) is 2.97. The monoisotopic (exact) mass is 571 g/mol. The van der Waals surface area contributed by atoms with Gasteiger partial charge in [0, 0.05) is 40.6 Å². The number of ether oxygens (including phenoxy) is 1. The second-order valence-electron chi connectivity index (χ2n) is 10.0. The molecule has 2 N–H and O–H groups in total. The van der Waals surface area contributed by atoms with Crippen molar-refractivity contribution in [3.05, 3.63) is 95.8 Å². The molecule has 42 heavy (non-hydrogen) atoms. The van der Waals surface area contributed by atoms with Crippen LogP contribution < -0.4 is 15.4 Å². The number of carbonyl (C=O) groups excluding carboxylic acids is 1. The number of aromatic nitrogens is 3. The second-order valence-corrected chi connectivity index (χ2v) is 10.0. The predicted octanol–water partition coefficient (Wildman–Crippen LogP) is 7.77. The number of nitrogens with one attached hydrogen (secondary N) is 2. The normalized spacial score (nSPS) is 11.5. The van der Waals surface area contributed by atoms with E-state index in [0.717, 1.165) is 28.6 Å². The summed E-state index contributed by atoms with van der Waals surface area (Å²) >= 11 is 0. The van der Waals surface area contributed by atoms with Crippen LogP contribution in [0.25, 0.3) is 33.3 Å². The number of hydrogen-bond donors (Lipinski definition) is 2. The molecular formula is C32H28F3N5O2. The first-order chi connectivity index (χ1) is 20.0. The molecule has 0 bridgehead atoms. The van der Waals surface area contributed by atoms with Gasteiger partial charge in [-0.2, -0.15) is 13.2 Å². The molecule has 0 saturated carbocycles. The van der Waals surface area contributed by atoms with E-state index in [4.69, 9.17) is 9.72 Å². The summed E-state index contributed by atoms with van der Waals surface area (Å²) in [4.78, 5) is 26.8. The van der Waals surface area contributed by atoms with Gasteiger partial charge in [0.25, 0.3) is 5.91 Å². The molecule has 2 aromatic heterocycles. The lowest BCUT2D eigenvalue weighted by atomic mass is 9.93. The summed E-state index contributed by atoms with van der Waals surface area (Å²) in [6.45, 7) is 5.92. The van der Waals surface area contributed by atoms with Crippen molar-refractivity contribution in [1.82, 2.24) is 15.0 Å². The van der Waals surface area contributed by atoms with Gasteiger partial charge >= 0.3 is 6.18 Å². The molecule has 214 valence electrons. The van der Waals surface area contributed by atoms with Crippen LogP contribution in [0.15, 0.2) is 79.1 Å². The summed E-state index contributed by atoms with van der Waals surface area (Å²) in [7, 11) is 1.57. The van der Waals surface area contributed by atoms with Crippen molar-refractivity contribution in [2.75, 3.05) is 17.7 Å².